The molecule has 2 saturated carbocycles. The summed E-state index contributed by atoms with van der Waals surface area (Å²) in [5.41, 5.74) is 5.50. The van der Waals surface area contributed by atoms with E-state index in [0.717, 1.165) is 36.1 Å². The van der Waals surface area contributed by atoms with Gasteiger partial charge in [0.1, 0.15) is 23.2 Å². The lowest BCUT2D eigenvalue weighted by atomic mass is 9.62. The van der Waals surface area contributed by atoms with Crippen LogP contribution in [0.1, 0.15) is 89.0 Å². The van der Waals surface area contributed by atoms with E-state index in [2.05, 4.69) is 82.0 Å². The summed E-state index contributed by atoms with van der Waals surface area (Å²) in [7, 11) is 1.68. The normalized spacial score (nSPS) is 31.2. The summed E-state index contributed by atoms with van der Waals surface area (Å²) in [4.78, 5) is 12.4. The first-order valence-corrected chi connectivity index (χ1v) is 15.1. The quantitative estimate of drug-likeness (QED) is 0.400. The predicted octanol–water partition coefficient (Wildman–Crippen LogP) is 7.26. The highest BCUT2D eigenvalue weighted by atomic mass is 16.5. The van der Waals surface area contributed by atoms with Gasteiger partial charge in [-0.1, -0.05) is 69.9 Å². The zero-order valence-corrected chi connectivity index (χ0v) is 25.0. The van der Waals surface area contributed by atoms with Gasteiger partial charge in [-0.3, -0.25) is 4.79 Å². The lowest BCUT2D eigenvalue weighted by Gasteiger charge is -2.42. The van der Waals surface area contributed by atoms with E-state index in [1.165, 1.54) is 22.3 Å². The van der Waals surface area contributed by atoms with E-state index in [-0.39, 0.29) is 23.4 Å². The number of aliphatic hydroxyl groups is 1. The molecule has 0 spiro atoms. The highest BCUT2D eigenvalue weighted by Gasteiger charge is 2.61. The lowest BCUT2D eigenvalue weighted by Crippen LogP contribution is -2.48. The minimum atomic E-state index is -1.16. The molecule has 1 N–H and O–H groups in total. The second-order valence-electron chi connectivity index (χ2n) is 13.7. The third-order valence-corrected chi connectivity index (χ3v) is 10.3. The second kappa shape index (κ2) is 10.3. The fraction of sp³-hybridized carbons (Fsp3) is 0.486. The molecule has 5 atom stereocenters. The summed E-state index contributed by atoms with van der Waals surface area (Å²) in [6.07, 6.45) is 6.36. The van der Waals surface area contributed by atoms with Gasteiger partial charge in [0.2, 0.25) is 0 Å². The van der Waals surface area contributed by atoms with Crippen LogP contribution in [0.3, 0.4) is 0 Å². The fourth-order valence-corrected chi connectivity index (χ4v) is 7.69. The van der Waals surface area contributed by atoms with Crippen molar-refractivity contribution < 1.29 is 19.4 Å². The van der Waals surface area contributed by atoms with Crippen LogP contribution in [0.25, 0.3) is 0 Å². The van der Waals surface area contributed by atoms with Gasteiger partial charge in [-0.05, 0) is 95.0 Å². The molecule has 4 nitrogen and oxygen atoms in total. The molecule has 1 aliphatic heterocycles. The van der Waals surface area contributed by atoms with Gasteiger partial charge < -0.3 is 14.6 Å². The topological polar surface area (TPSA) is 55.8 Å². The van der Waals surface area contributed by atoms with Crippen molar-refractivity contribution in [3.8, 4) is 17.6 Å². The van der Waals surface area contributed by atoms with Crippen LogP contribution >= 0.6 is 0 Å². The van der Waals surface area contributed by atoms with E-state index in [1.807, 2.05) is 12.1 Å². The summed E-state index contributed by atoms with van der Waals surface area (Å²) in [6, 6.07) is 16.6. The molecule has 6 rings (SSSR count). The summed E-state index contributed by atoms with van der Waals surface area (Å²) in [5.74, 6) is 8.29. The molecular formula is C37H42O4. The van der Waals surface area contributed by atoms with Crippen LogP contribution in [-0.2, 0) is 14.9 Å². The van der Waals surface area contributed by atoms with Crippen molar-refractivity contribution in [2.45, 2.75) is 83.3 Å². The Morgan fingerprint density at radius 2 is 1.78 bits per heavy atom. The van der Waals surface area contributed by atoms with E-state index in [4.69, 9.17) is 9.47 Å². The Morgan fingerprint density at radius 3 is 2.46 bits per heavy atom. The number of carbonyl (C=O) groups excluding carboxylic acids is 1. The number of hydrogen-bond donors (Lipinski definition) is 1. The number of allylic oxidation sites excluding steroid dienone is 3. The van der Waals surface area contributed by atoms with Crippen molar-refractivity contribution in [3.05, 3.63) is 88.0 Å². The first kappa shape index (κ1) is 28.0. The average Bonchev–Trinajstić information content (AvgIpc) is 3.13. The monoisotopic (exact) mass is 550 g/mol. The SMILES string of the molecule is COc1ccc([C@@H]2OC[C@@]3(C)C(CC[C@@]3(O)C#Cc3ccc(C(C)(C)C)cc3)C3CC=C4CC(=O)CCC4=C32)cc1. The van der Waals surface area contributed by atoms with Crippen LogP contribution in [0.2, 0.25) is 0 Å². The van der Waals surface area contributed by atoms with Crippen LogP contribution < -0.4 is 4.74 Å². The molecule has 2 unspecified atom stereocenters. The standard InChI is InChI=1S/C37H42O4/c1-35(2,3)27-11-6-24(7-12-27)18-20-37(39)21-19-32-31-16-10-26-22-28(38)13-17-30(26)33(31)34(41-23-36(32,37)4)25-8-14-29(40-5)15-9-25/h6-12,14-15,31-32,34,39H,13,16-17,19,21-23H2,1-5H3/t31?,32?,34-,36-,37-/m0/s1. The van der Waals surface area contributed by atoms with Gasteiger partial charge >= 0.3 is 0 Å². The van der Waals surface area contributed by atoms with E-state index in [1.54, 1.807) is 7.11 Å². The molecule has 0 aromatic heterocycles. The molecule has 0 amide bonds. The minimum Gasteiger partial charge on any atom is -0.497 e. The Bertz CT molecular complexity index is 1460. The highest BCUT2D eigenvalue weighted by molar-refractivity contribution is 5.84. The van der Waals surface area contributed by atoms with Crippen molar-refractivity contribution >= 4 is 5.78 Å². The van der Waals surface area contributed by atoms with Gasteiger partial charge in [0.25, 0.3) is 0 Å². The maximum atomic E-state index is 12.4. The molecule has 1 saturated heterocycles. The van der Waals surface area contributed by atoms with Gasteiger partial charge in [-0.25, -0.2) is 0 Å². The zero-order chi connectivity index (χ0) is 29.0. The summed E-state index contributed by atoms with van der Waals surface area (Å²) >= 11 is 0. The molecule has 214 valence electrons. The van der Waals surface area contributed by atoms with Crippen LogP contribution in [-0.4, -0.2) is 30.2 Å². The van der Waals surface area contributed by atoms with Gasteiger partial charge in [0, 0.05) is 23.8 Å². The van der Waals surface area contributed by atoms with Gasteiger partial charge in [-0.15, -0.1) is 0 Å². The van der Waals surface area contributed by atoms with Crippen LogP contribution in [0.4, 0.5) is 0 Å². The Balaban J connectivity index is 1.39. The Morgan fingerprint density at radius 1 is 1.05 bits per heavy atom. The van der Waals surface area contributed by atoms with Crippen molar-refractivity contribution in [1.29, 1.82) is 0 Å². The van der Waals surface area contributed by atoms with Gasteiger partial charge in [0.15, 0.2) is 0 Å². The maximum absolute atomic E-state index is 12.4. The molecule has 41 heavy (non-hydrogen) atoms. The summed E-state index contributed by atoms with van der Waals surface area (Å²) in [5, 5.41) is 12.3. The number of benzene rings is 2. The largest absolute Gasteiger partial charge is 0.497 e. The first-order chi connectivity index (χ1) is 19.5. The minimum absolute atomic E-state index is 0.0839. The third kappa shape index (κ3) is 4.88. The van der Waals surface area contributed by atoms with E-state index >= 15 is 0 Å². The molecular weight excluding hydrogens is 508 g/mol. The van der Waals surface area contributed by atoms with Crippen LogP contribution in [0, 0.1) is 29.1 Å². The lowest BCUT2D eigenvalue weighted by molar-refractivity contribution is -0.118. The highest BCUT2D eigenvalue weighted by Crippen LogP contribution is 2.61. The number of fused-ring (bicyclic) bond motifs is 4. The number of ketones is 1. The van der Waals surface area contributed by atoms with E-state index in [9.17, 15) is 9.90 Å². The molecule has 2 aromatic rings. The van der Waals surface area contributed by atoms with Gasteiger partial charge in [-0.2, -0.15) is 0 Å². The number of hydrogen-bond acceptors (Lipinski definition) is 4. The Hall–Kier alpha value is -3.13. The molecule has 3 fully saturated rings. The number of rotatable bonds is 2. The molecule has 4 heteroatoms. The Kier molecular flexibility index (Phi) is 7.04. The van der Waals surface area contributed by atoms with Crippen LogP contribution in [0.15, 0.2) is 71.3 Å². The smallest absolute Gasteiger partial charge is 0.137 e. The number of methoxy groups -OCH3 is 1. The molecule has 0 bridgehead atoms. The van der Waals surface area contributed by atoms with Crippen LogP contribution in [0.5, 0.6) is 5.75 Å². The molecule has 3 aliphatic carbocycles. The zero-order valence-electron chi connectivity index (χ0n) is 25.0. The molecule has 0 radical (unpaired) electrons. The molecule has 1 heterocycles. The third-order valence-electron chi connectivity index (χ3n) is 10.3. The number of ether oxygens (including phenoxy) is 2. The first-order valence-electron chi connectivity index (χ1n) is 15.1. The average molecular weight is 551 g/mol. The number of Topliss-reactive ketones (excluding diaryl/α,β-unsaturated/α-hetero) is 1. The predicted molar refractivity (Wildman–Crippen MR) is 162 cm³/mol. The summed E-state index contributed by atoms with van der Waals surface area (Å²) < 4.78 is 12.3. The maximum Gasteiger partial charge on any atom is 0.137 e. The number of carbonyl (C=O) groups is 1. The van der Waals surface area contributed by atoms with E-state index in [0.29, 0.717) is 31.7 Å². The fourth-order valence-electron chi connectivity index (χ4n) is 7.69. The summed E-state index contributed by atoms with van der Waals surface area (Å²) in [6.45, 7) is 9.23. The van der Waals surface area contributed by atoms with Crippen molar-refractivity contribution in [3.63, 3.8) is 0 Å². The van der Waals surface area contributed by atoms with E-state index < -0.39 is 11.0 Å². The van der Waals surface area contributed by atoms with Crippen molar-refractivity contribution in [1.82, 2.24) is 0 Å². The van der Waals surface area contributed by atoms with Crippen molar-refractivity contribution in [2.75, 3.05) is 13.7 Å². The Labute approximate surface area is 244 Å². The van der Waals surface area contributed by atoms with Gasteiger partial charge in [0.05, 0.1) is 13.7 Å². The second-order valence-corrected chi connectivity index (χ2v) is 13.7. The molecule has 2 aromatic carbocycles. The van der Waals surface area contributed by atoms with Crippen molar-refractivity contribution in [2.24, 2.45) is 17.3 Å². The molecule has 4 aliphatic rings.